The molecule has 4 N–H and O–H groups in total. The van der Waals surface area contributed by atoms with Gasteiger partial charge in [-0.2, -0.15) is 0 Å². The minimum atomic E-state index is -1.84. The first kappa shape index (κ1) is 42.5. The number of fused-ring (bicyclic) bond motifs is 5. The molecule has 2 bridgehead atoms. The molecule has 0 radical (unpaired) electrons. The van der Waals surface area contributed by atoms with Crippen molar-refractivity contribution in [3.63, 3.8) is 0 Å². The van der Waals surface area contributed by atoms with Gasteiger partial charge in [0.15, 0.2) is 23.1 Å². The summed E-state index contributed by atoms with van der Waals surface area (Å²) in [6, 6.07) is 0. The number of aliphatic hydroxyl groups excluding tert-OH is 1. The lowest BCUT2D eigenvalue weighted by Gasteiger charge is -2.52. The van der Waals surface area contributed by atoms with Crippen LogP contribution >= 0.6 is 0 Å². The molecule has 13 nitrogen and oxygen atoms in total. The first-order valence-corrected chi connectivity index (χ1v) is 22.8. The summed E-state index contributed by atoms with van der Waals surface area (Å²) in [5.41, 5.74) is 0.397. The molecule has 8 fully saturated rings. The molecule has 0 aliphatic carbocycles. The minimum Gasteiger partial charge on any atom is -0.481 e. The van der Waals surface area contributed by atoms with Crippen molar-refractivity contribution in [1.29, 1.82) is 0 Å². The van der Waals surface area contributed by atoms with E-state index < -0.39 is 53.2 Å². The van der Waals surface area contributed by atoms with Gasteiger partial charge < -0.3 is 53.2 Å². The van der Waals surface area contributed by atoms with Crippen molar-refractivity contribution in [2.75, 3.05) is 6.54 Å². The van der Waals surface area contributed by atoms with Gasteiger partial charge in [0.25, 0.3) is 0 Å². The highest BCUT2D eigenvalue weighted by Gasteiger charge is 2.64. The molecule has 9 aliphatic rings. The van der Waals surface area contributed by atoms with Gasteiger partial charge in [0.2, 0.25) is 0 Å². The average molecular weight is 828 g/mol. The fourth-order valence-electron chi connectivity index (χ4n) is 12.4. The van der Waals surface area contributed by atoms with Crippen LogP contribution in [0, 0.1) is 29.6 Å². The van der Waals surface area contributed by atoms with Crippen LogP contribution in [-0.4, -0.2) is 112 Å². The second-order valence-electron chi connectivity index (χ2n) is 20.4. The number of hydrogen-bond donors (Lipinski definition) is 4. The third-order valence-electron chi connectivity index (χ3n) is 15.5. The van der Waals surface area contributed by atoms with Gasteiger partial charge in [-0.15, -0.1) is 0 Å². The molecule has 9 rings (SSSR count). The van der Waals surface area contributed by atoms with Crippen LogP contribution in [0.3, 0.4) is 0 Å². The van der Waals surface area contributed by atoms with E-state index in [2.05, 4.69) is 52.6 Å². The molecule has 0 aromatic carbocycles. The van der Waals surface area contributed by atoms with Crippen LogP contribution in [0.1, 0.15) is 125 Å². The van der Waals surface area contributed by atoms with Crippen molar-refractivity contribution < 1.29 is 58.0 Å². The summed E-state index contributed by atoms with van der Waals surface area (Å²) in [6.45, 7) is 16.5. The molecular formula is C46H69NO12. The minimum absolute atomic E-state index is 0.00556. The highest BCUT2D eigenvalue weighted by Crippen LogP contribution is 2.55. The van der Waals surface area contributed by atoms with E-state index in [-0.39, 0.29) is 61.3 Å². The second-order valence-corrected chi connectivity index (χ2v) is 20.4. The zero-order valence-electron chi connectivity index (χ0n) is 35.7. The van der Waals surface area contributed by atoms with Gasteiger partial charge in [-0.3, -0.25) is 10.1 Å². The van der Waals surface area contributed by atoms with Crippen molar-refractivity contribution in [1.82, 2.24) is 5.32 Å². The lowest BCUT2D eigenvalue weighted by molar-refractivity contribution is -0.366. The van der Waals surface area contributed by atoms with Gasteiger partial charge in [0.1, 0.15) is 17.9 Å². The molecule has 19 atom stereocenters. The highest BCUT2D eigenvalue weighted by atomic mass is 16.8. The number of allylic oxidation sites excluding steroid dienone is 1. The van der Waals surface area contributed by atoms with Crippen LogP contribution in [0.15, 0.2) is 36.5 Å². The van der Waals surface area contributed by atoms with E-state index in [1.807, 2.05) is 18.2 Å². The maximum atomic E-state index is 12.2. The topological polar surface area (TPSA) is 164 Å². The third kappa shape index (κ3) is 7.96. The predicted molar refractivity (Wildman–Crippen MR) is 214 cm³/mol. The standard InChI is InChI=1S/C46H69NO12/c1-26-19-35-40-37(24-44(57-40)30(5)18-27(2)25-47-44)55-43(22-26,54-35)23-29(4)39-28(3)13-15-45(51,58-39)41(50)36-21-34-33(52-36)20-31(6)46(56-34)17-16-42(59-46)14-9-11-32(53-42)10-7-8-12-38(48)49/h7,9-11,26-28,30-37,39-41,47,50-51H,4,8,12-25H2,1-3,5-6H3,(H,48,49)/b10-7+/t26-,27+,28-,30-,31+,32+,33+,34+,35-,36-,37+,39-,40+,41+,42-,43+,44-,45+,46+/m0/s1. The molecule has 0 amide bonds. The van der Waals surface area contributed by atoms with Crippen LogP contribution in [0.25, 0.3) is 0 Å². The van der Waals surface area contributed by atoms with Crippen molar-refractivity contribution in [3.8, 4) is 0 Å². The van der Waals surface area contributed by atoms with Gasteiger partial charge >= 0.3 is 5.97 Å². The van der Waals surface area contributed by atoms with Crippen molar-refractivity contribution in [2.45, 2.75) is 208 Å². The zero-order chi connectivity index (χ0) is 41.5. The Morgan fingerprint density at radius 1 is 0.898 bits per heavy atom. The molecule has 13 heteroatoms. The van der Waals surface area contributed by atoms with Crippen LogP contribution in [-0.2, 0) is 42.7 Å². The number of carboxylic acid groups (broad SMARTS) is 1. The molecule has 0 aromatic rings. The van der Waals surface area contributed by atoms with E-state index in [0.29, 0.717) is 69.1 Å². The Morgan fingerprint density at radius 3 is 2.51 bits per heavy atom. The van der Waals surface area contributed by atoms with E-state index in [9.17, 15) is 15.0 Å². The monoisotopic (exact) mass is 827 g/mol. The number of carbonyl (C=O) groups is 1. The molecule has 0 saturated carbocycles. The van der Waals surface area contributed by atoms with Gasteiger partial charge in [-0.1, -0.05) is 65.5 Å². The first-order chi connectivity index (χ1) is 28.0. The summed E-state index contributed by atoms with van der Waals surface area (Å²) >= 11 is 0. The van der Waals surface area contributed by atoms with E-state index in [1.165, 1.54) is 0 Å². The number of carboxylic acids is 1. The van der Waals surface area contributed by atoms with Crippen molar-refractivity contribution in [2.24, 2.45) is 29.6 Å². The van der Waals surface area contributed by atoms with Gasteiger partial charge in [0.05, 0.1) is 42.7 Å². The summed E-state index contributed by atoms with van der Waals surface area (Å²) < 4.78 is 53.9. The largest absolute Gasteiger partial charge is 0.481 e. The van der Waals surface area contributed by atoms with Crippen LogP contribution in [0.2, 0.25) is 0 Å². The Balaban J connectivity index is 0.831. The molecule has 3 spiro atoms. The maximum absolute atomic E-state index is 12.2. The van der Waals surface area contributed by atoms with E-state index >= 15 is 0 Å². The van der Waals surface area contributed by atoms with E-state index in [0.717, 1.165) is 37.8 Å². The van der Waals surface area contributed by atoms with Crippen molar-refractivity contribution >= 4 is 5.97 Å². The number of nitrogens with one attached hydrogen (secondary N) is 1. The molecule has 0 unspecified atom stereocenters. The Morgan fingerprint density at radius 2 is 1.71 bits per heavy atom. The van der Waals surface area contributed by atoms with E-state index in [1.54, 1.807) is 0 Å². The summed E-state index contributed by atoms with van der Waals surface area (Å²) in [6.07, 6.45) is 12.5. The zero-order valence-corrected chi connectivity index (χ0v) is 35.7. The highest BCUT2D eigenvalue weighted by molar-refractivity contribution is 5.66. The number of hydrogen-bond acceptors (Lipinski definition) is 12. The first-order valence-electron chi connectivity index (χ1n) is 22.8. The second kappa shape index (κ2) is 15.8. The molecule has 9 heterocycles. The molecule has 59 heavy (non-hydrogen) atoms. The maximum Gasteiger partial charge on any atom is 0.303 e. The van der Waals surface area contributed by atoms with Gasteiger partial charge in [0, 0.05) is 70.3 Å². The lowest BCUT2D eigenvalue weighted by atomic mass is 9.79. The Hall–Kier alpha value is -1.75. The molecule has 9 aliphatic heterocycles. The molecule has 0 aromatic heterocycles. The summed E-state index contributed by atoms with van der Waals surface area (Å²) in [4.78, 5) is 10.9. The molecular weight excluding hydrogens is 759 g/mol. The average Bonchev–Trinajstić information content (AvgIpc) is 3.86. The van der Waals surface area contributed by atoms with Crippen LogP contribution in [0.4, 0.5) is 0 Å². The predicted octanol–water partition coefficient (Wildman–Crippen LogP) is 6.01. The Kier molecular flexibility index (Phi) is 11.4. The fraction of sp³-hybridized carbons (Fsp3) is 0.848. The third-order valence-corrected chi connectivity index (χ3v) is 15.5. The lowest BCUT2D eigenvalue weighted by Crippen LogP contribution is -2.60. The summed E-state index contributed by atoms with van der Waals surface area (Å²) in [5.74, 6) is -3.82. The van der Waals surface area contributed by atoms with Gasteiger partial charge in [-0.25, -0.2) is 0 Å². The summed E-state index contributed by atoms with van der Waals surface area (Å²) in [7, 11) is 0. The summed E-state index contributed by atoms with van der Waals surface area (Å²) in [5, 5.41) is 36.8. The Labute approximate surface area is 349 Å². The number of ether oxygens (including phenoxy) is 8. The van der Waals surface area contributed by atoms with Gasteiger partial charge in [-0.05, 0) is 61.3 Å². The van der Waals surface area contributed by atoms with E-state index in [4.69, 9.17) is 43.0 Å². The number of piperidine rings is 1. The number of aliphatic hydroxyl groups is 2. The van der Waals surface area contributed by atoms with Crippen LogP contribution < -0.4 is 5.32 Å². The smallest absolute Gasteiger partial charge is 0.303 e. The quantitative estimate of drug-likeness (QED) is 0.200. The SMILES string of the molecule is C=C(C[C@]12C[C@@H](C)C[C@H](O1)[C@H]1O[C@]3(C[C@H]1O2)NC[C@H](C)C[C@@H]3C)[C@H]1O[C@@](O)([C@H](O)[C@@H]2C[C@H]3O[C@@]4(CC[C@]5(CC=C[C@@H](/C=C/CCC(=O)O)O5)O4)[C@H](C)C[C@H]3O2)CC[C@@H]1C. The Bertz CT molecular complexity index is 1660. The molecule has 330 valence electrons. The van der Waals surface area contributed by atoms with Crippen LogP contribution in [0.5, 0.6) is 0 Å². The molecule has 8 saturated heterocycles. The fourth-order valence-corrected chi connectivity index (χ4v) is 12.4. The number of rotatable bonds is 9. The number of aliphatic carboxylic acids is 1. The van der Waals surface area contributed by atoms with Crippen molar-refractivity contribution in [3.05, 3.63) is 36.5 Å². The normalized spacial score (nSPS) is 52.3.